The molecule has 2 heterocycles. The van der Waals surface area contributed by atoms with Gasteiger partial charge >= 0.3 is 11.4 Å². The van der Waals surface area contributed by atoms with Crippen molar-refractivity contribution in [1.29, 1.82) is 0 Å². The summed E-state index contributed by atoms with van der Waals surface area (Å²) >= 11 is -1.52. The predicted molar refractivity (Wildman–Crippen MR) is 82.7 cm³/mol. The summed E-state index contributed by atoms with van der Waals surface area (Å²) < 4.78 is 50.0. The van der Waals surface area contributed by atoms with Crippen LogP contribution in [0.3, 0.4) is 0 Å². The van der Waals surface area contributed by atoms with Crippen molar-refractivity contribution in [2.24, 2.45) is 0 Å². The number of nitrogens with zero attached hydrogens (tertiary/aromatic N) is 1. The number of nitro benzene ring substituents is 1. The fourth-order valence-electron chi connectivity index (χ4n) is 1.98. The van der Waals surface area contributed by atoms with Crippen molar-refractivity contribution < 1.29 is 30.7 Å². The zero-order valence-corrected chi connectivity index (χ0v) is 14.2. The van der Waals surface area contributed by atoms with Crippen LogP contribution in [0.25, 0.3) is 0 Å². The van der Waals surface area contributed by atoms with Gasteiger partial charge in [0.25, 0.3) is 5.69 Å². The number of hydrogen-bond donors (Lipinski definition) is 1. The minimum Gasteiger partial charge on any atom is -0.378 e. The predicted octanol–water partition coefficient (Wildman–Crippen LogP) is 0.272. The summed E-state index contributed by atoms with van der Waals surface area (Å²) in [5.74, 6) is 0. The molecule has 2 saturated heterocycles. The minimum atomic E-state index is -3.51. The Balaban J connectivity index is 0.000000182. The Kier molecular flexibility index (Phi) is 6.37. The Morgan fingerprint density at radius 3 is 2.42 bits per heavy atom. The summed E-state index contributed by atoms with van der Waals surface area (Å²) in [6, 6.07) is 4.66. The highest BCUT2D eigenvalue weighted by molar-refractivity contribution is 7.89. The van der Waals surface area contributed by atoms with Crippen molar-refractivity contribution in [2.75, 3.05) is 20.3 Å². The van der Waals surface area contributed by atoms with E-state index in [4.69, 9.17) is 13.1 Å². The number of nitrogens with one attached hydrogen (secondary N) is 1. The van der Waals surface area contributed by atoms with Gasteiger partial charge in [-0.2, -0.15) is 4.21 Å². The molecule has 134 valence electrons. The van der Waals surface area contributed by atoms with Crippen LogP contribution in [0, 0.1) is 10.1 Å². The van der Waals surface area contributed by atoms with Crippen LogP contribution < -0.4 is 4.72 Å². The Bertz CT molecular complexity index is 690. The Morgan fingerprint density at radius 2 is 1.88 bits per heavy atom. The third-order valence-electron chi connectivity index (χ3n) is 3.27. The molecule has 0 spiro atoms. The molecule has 10 nitrogen and oxygen atoms in total. The molecule has 2 aliphatic rings. The van der Waals surface area contributed by atoms with E-state index in [0.717, 1.165) is 18.6 Å². The van der Waals surface area contributed by atoms with Gasteiger partial charge in [-0.05, 0) is 19.2 Å². The summed E-state index contributed by atoms with van der Waals surface area (Å²) in [6.07, 6.45) is 0.681. The average molecular weight is 380 g/mol. The first kappa shape index (κ1) is 18.9. The maximum absolute atomic E-state index is 11.2. The van der Waals surface area contributed by atoms with E-state index in [1.54, 1.807) is 0 Å². The standard InChI is InChI=1S/C7H8N2O4S.C5H8O4S/c1-8-14(12,13)7-4-2-6(3-5-7)9(10)11;6-10-8-4-1-2-7-3-5(4)9-10/h2-5,8H,1H3;4-5H,1-3H2. The number of hydrogen-bond acceptors (Lipinski definition) is 8. The molecular weight excluding hydrogens is 364 g/mol. The molecule has 12 heteroatoms. The van der Waals surface area contributed by atoms with Crippen molar-refractivity contribution in [3.05, 3.63) is 34.4 Å². The van der Waals surface area contributed by atoms with Gasteiger partial charge in [0.1, 0.15) is 12.2 Å². The molecule has 0 bridgehead atoms. The summed E-state index contributed by atoms with van der Waals surface area (Å²) in [7, 11) is -2.24. The normalized spacial score (nSPS) is 26.1. The van der Waals surface area contributed by atoms with Crippen molar-refractivity contribution in [3.63, 3.8) is 0 Å². The maximum Gasteiger partial charge on any atom is 0.305 e. The van der Waals surface area contributed by atoms with Crippen LogP contribution >= 0.6 is 0 Å². The van der Waals surface area contributed by atoms with Gasteiger partial charge in [-0.15, -0.1) is 0 Å². The molecule has 2 fully saturated rings. The van der Waals surface area contributed by atoms with Gasteiger partial charge in [-0.25, -0.2) is 13.1 Å². The van der Waals surface area contributed by atoms with E-state index in [9.17, 15) is 22.7 Å². The zero-order valence-electron chi connectivity index (χ0n) is 12.6. The summed E-state index contributed by atoms with van der Waals surface area (Å²) in [6.45, 7) is 1.19. The number of rotatable bonds is 3. The first-order chi connectivity index (χ1) is 11.3. The second kappa shape index (κ2) is 8.09. The van der Waals surface area contributed by atoms with Crippen LogP contribution in [0.2, 0.25) is 0 Å². The van der Waals surface area contributed by atoms with Gasteiger partial charge in [0.05, 0.1) is 16.4 Å². The molecule has 1 aromatic carbocycles. The lowest BCUT2D eigenvalue weighted by Gasteiger charge is -2.20. The molecule has 0 saturated carbocycles. The smallest absolute Gasteiger partial charge is 0.305 e. The van der Waals surface area contributed by atoms with Crippen molar-refractivity contribution >= 4 is 27.1 Å². The summed E-state index contributed by atoms with van der Waals surface area (Å²) in [4.78, 5) is 9.69. The Hall–Kier alpha value is -1.44. The fraction of sp³-hybridized carbons (Fsp3) is 0.500. The fourth-order valence-corrected chi connectivity index (χ4v) is 3.56. The molecule has 0 amide bonds. The van der Waals surface area contributed by atoms with Crippen LogP contribution in [0.15, 0.2) is 29.2 Å². The molecule has 0 aliphatic carbocycles. The lowest BCUT2D eigenvalue weighted by atomic mass is 10.1. The van der Waals surface area contributed by atoms with Crippen LogP contribution in [0.1, 0.15) is 6.42 Å². The van der Waals surface area contributed by atoms with Crippen LogP contribution in [-0.2, 0) is 34.5 Å². The molecular formula is C12H16N2O8S2. The van der Waals surface area contributed by atoms with Crippen LogP contribution in [-0.4, -0.2) is 50.0 Å². The van der Waals surface area contributed by atoms with Gasteiger partial charge < -0.3 is 4.74 Å². The maximum atomic E-state index is 11.2. The van der Waals surface area contributed by atoms with E-state index in [1.165, 1.54) is 19.2 Å². The number of benzene rings is 1. The van der Waals surface area contributed by atoms with E-state index in [0.29, 0.717) is 13.2 Å². The van der Waals surface area contributed by atoms with Gasteiger partial charge in [-0.3, -0.25) is 18.5 Å². The number of non-ortho nitro benzene ring substituents is 1. The molecule has 1 N–H and O–H groups in total. The van der Waals surface area contributed by atoms with Gasteiger partial charge in [0.15, 0.2) is 0 Å². The second-order valence-corrected chi connectivity index (χ2v) is 7.48. The van der Waals surface area contributed by atoms with Gasteiger partial charge in [0, 0.05) is 25.2 Å². The summed E-state index contributed by atoms with van der Waals surface area (Å²) in [5, 5.41) is 10.3. The average Bonchev–Trinajstić information content (AvgIpc) is 2.95. The Morgan fingerprint density at radius 1 is 1.25 bits per heavy atom. The van der Waals surface area contributed by atoms with Crippen molar-refractivity contribution in [3.8, 4) is 0 Å². The molecule has 24 heavy (non-hydrogen) atoms. The van der Waals surface area contributed by atoms with E-state index in [1.807, 2.05) is 0 Å². The topological polar surface area (TPSA) is 134 Å². The highest BCUT2D eigenvalue weighted by atomic mass is 32.2. The van der Waals surface area contributed by atoms with E-state index in [2.05, 4.69) is 4.72 Å². The SMILES string of the molecule is CNS(=O)(=O)c1ccc([N+](=O)[O-])cc1.O=S1OC2CCOCC2O1. The number of sulfonamides is 1. The lowest BCUT2D eigenvalue weighted by molar-refractivity contribution is -0.384. The molecule has 0 radical (unpaired) electrons. The third-order valence-corrected chi connectivity index (χ3v) is 5.51. The lowest BCUT2D eigenvalue weighted by Crippen LogP contribution is -2.33. The highest BCUT2D eigenvalue weighted by Crippen LogP contribution is 2.23. The van der Waals surface area contributed by atoms with Crippen molar-refractivity contribution in [2.45, 2.75) is 23.5 Å². The quantitative estimate of drug-likeness (QED) is 0.583. The first-order valence-electron chi connectivity index (χ1n) is 6.85. The molecule has 2 aliphatic heterocycles. The van der Waals surface area contributed by atoms with E-state index >= 15 is 0 Å². The Labute approximate surface area is 141 Å². The van der Waals surface area contributed by atoms with Crippen LogP contribution in [0.5, 0.6) is 0 Å². The highest BCUT2D eigenvalue weighted by Gasteiger charge is 2.37. The molecule has 0 aromatic heterocycles. The van der Waals surface area contributed by atoms with Gasteiger partial charge in [0.2, 0.25) is 10.0 Å². The number of fused-ring (bicyclic) bond motifs is 1. The first-order valence-corrected chi connectivity index (χ1v) is 9.33. The van der Waals surface area contributed by atoms with E-state index < -0.39 is 26.3 Å². The molecule has 3 unspecified atom stereocenters. The molecule has 3 rings (SSSR count). The zero-order chi connectivity index (χ0) is 17.7. The molecule has 3 atom stereocenters. The molecule has 1 aromatic rings. The van der Waals surface area contributed by atoms with Crippen molar-refractivity contribution in [1.82, 2.24) is 4.72 Å². The van der Waals surface area contributed by atoms with E-state index in [-0.39, 0.29) is 22.8 Å². The largest absolute Gasteiger partial charge is 0.378 e. The third kappa shape index (κ3) is 4.78. The second-order valence-electron chi connectivity index (χ2n) is 4.80. The number of nitro groups is 1. The summed E-state index contributed by atoms with van der Waals surface area (Å²) in [5.41, 5.74) is -0.139. The van der Waals surface area contributed by atoms with Crippen LogP contribution in [0.4, 0.5) is 5.69 Å². The van der Waals surface area contributed by atoms with Gasteiger partial charge in [-0.1, -0.05) is 0 Å². The number of ether oxygens (including phenoxy) is 1. The minimum absolute atomic E-state index is 0.00502. The monoisotopic (exact) mass is 380 g/mol.